The number of carbonyl (C=O) groups excluding carboxylic acids is 3. The van der Waals surface area contributed by atoms with Crippen LogP contribution in [0.4, 0.5) is 0 Å². The highest BCUT2D eigenvalue weighted by Gasteiger charge is 2.19. The summed E-state index contributed by atoms with van der Waals surface area (Å²) >= 11 is 0. The zero-order valence-electron chi connectivity index (χ0n) is 11.4. The number of ether oxygens (including phenoxy) is 2. The topological polar surface area (TPSA) is 120 Å². The number of nitrogens with one attached hydrogen (secondary N) is 2. The van der Waals surface area contributed by atoms with Crippen LogP contribution in [-0.2, 0) is 23.9 Å². The lowest BCUT2D eigenvalue weighted by molar-refractivity contribution is -0.132. The molecule has 8 heteroatoms. The third-order valence-corrected chi connectivity index (χ3v) is 2.22. The quantitative estimate of drug-likeness (QED) is 0.426. The molecule has 0 aromatic carbocycles. The van der Waals surface area contributed by atoms with Gasteiger partial charge in [-0.3, -0.25) is 14.4 Å². The molecular formula is C11H21N3O5. The lowest BCUT2D eigenvalue weighted by Crippen LogP contribution is -2.51. The fourth-order valence-electron chi connectivity index (χ4n) is 1.07. The zero-order chi connectivity index (χ0) is 14.8. The van der Waals surface area contributed by atoms with Gasteiger partial charge in [0.1, 0.15) is 18.7 Å². The Kier molecular flexibility index (Phi) is 8.47. The maximum atomic E-state index is 11.6. The average molecular weight is 275 g/mol. The van der Waals surface area contributed by atoms with Crippen molar-refractivity contribution < 1.29 is 23.9 Å². The minimum absolute atomic E-state index is 0.160. The van der Waals surface area contributed by atoms with Gasteiger partial charge in [0.2, 0.25) is 17.7 Å². The summed E-state index contributed by atoms with van der Waals surface area (Å²) in [7, 11) is 1.52. The Labute approximate surface area is 112 Å². The summed E-state index contributed by atoms with van der Waals surface area (Å²) in [6.45, 7) is 3.48. The van der Waals surface area contributed by atoms with Gasteiger partial charge < -0.3 is 25.8 Å². The fourth-order valence-corrected chi connectivity index (χ4v) is 1.07. The zero-order valence-corrected chi connectivity index (χ0v) is 11.4. The van der Waals surface area contributed by atoms with Gasteiger partial charge in [-0.1, -0.05) is 0 Å². The Morgan fingerprint density at radius 2 is 1.74 bits per heavy atom. The maximum absolute atomic E-state index is 11.6. The van der Waals surface area contributed by atoms with Crippen LogP contribution in [0.25, 0.3) is 0 Å². The minimum atomic E-state index is -0.787. The molecule has 0 aromatic rings. The monoisotopic (exact) mass is 275 g/mol. The Bertz CT molecular complexity index is 321. The van der Waals surface area contributed by atoms with Crippen LogP contribution >= 0.6 is 0 Å². The molecule has 0 saturated heterocycles. The summed E-state index contributed by atoms with van der Waals surface area (Å²) in [4.78, 5) is 33.7. The average Bonchev–Trinajstić information content (AvgIpc) is 2.34. The highest BCUT2D eigenvalue weighted by Crippen LogP contribution is 1.87. The van der Waals surface area contributed by atoms with E-state index in [0.29, 0.717) is 13.2 Å². The van der Waals surface area contributed by atoms with Crippen molar-refractivity contribution in [3.8, 4) is 0 Å². The smallest absolute Gasteiger partial charge is 0.246 e. The Morgan fingerprint density at radius 3 is 2.26 bits per heavy atom. The largest absolute Gasteiger partial charge is 0.382 e. The first-order valence-electron chi connectivity index (χ1n) is 5.84. The third kappa shape index (κ3) is 8.11. The number of hydrogen-bond acceptors (Lipinski definition) is 5. The van der Waals surface area contributed by atoms with Crippen molar-refractivity contribution in [2.24, 2.45) is 5.73 Å². The van der Waals surface area contributed by atoms with Gasteiger partial charge in [0.15, 0.2) is 0 Å². The first-order chi connectivity index (χ1) is 8.88. The third-order valence-electron chi connectivity index (χ3n) is 2.22. The Hall–Kier alpha value is -1.67. The van der Waals surface area contributed by atoms with E-state index in [-0.39, 0.29) is 6.61 Å². The van der Waals surface area contributed by atoms with Crippen molar-refractivity contribution in [1.82, 2.24) is 10.6 Å². The predicted molar refractivity (Wildman–Crippen MR) is 67.1 cm³/mol. The number of methoxy groups -OCH3 is 1. The van der Waals surface area contributed by atoms with Gasteiger partial charge in [-0.2, -0.15) is 0 Å². The van der Waals surface area contributed by atoms with Gasteiger partial charge in [0, 0.05) is 7.11 Å². The minimum Gasteiger partial charge on any atom is -0.382 e. The molecule has 2 atom stereocenters. The van der Waals surface area contributed by atoms with E-state index in [0.717, 1.165) is 0 Å². The standard InChI is InChI=1S/C11H21N3O5/c1-7(10(12)16)14-11(17)8(2)13-9(15)6-19-5-4-18-3/h7-8H,4-6H2,1-3H3,(H2,12,16)(H,13,15)(H,14,17)/t7-,8-/m1/s1. The van der Waals surface area contributed by atoms with E-state index < -0.39 is 29.8 Å². The second-order valence-corrected chi connectivity index (χ2v) is 3.97. The number of hydrogen-bond donors (Lipinski definition) is 3. The Morgan fingerprint density at radius 1 is 1.11 bits per heavy atom. The van der Waals surface area contributed by atoms with Crippen LogP contribution in [0.15, 0.2) is 0 Å². The molecule has 0 rings (SSSR count). The van der Waals surface area contributed by atoms with Crippen LogP contribution in [0, 0.1) is 0 Å². The van der Waals surface area contributed by atoms with Crippen molar-refractivity contribution >= 4 is 17.7 Å². The molecule has 0 aliphatic carbocycles. The van der Waals surface area contributed by atoms with Gasteiger partial charge in [0.05, 0.1) is 13.2 Å². The molecule has 110 valence electrons. The van der Waals surface area contributed by atoms with E-state index in [2.05, 4.69) is 10.6 Å². The second kappa shape index (κ2) is 9.29. The lowest BCUT2D eigenvalue weighted by atomic mass is 10.2. The van der Waals surface area contributed by atoms with Crippen LogP contribution < -0.4 is 16.4 Å². The van der Waals surface area contributed by atoms with Crippen molar-refractivity contribution in [1.29, 1.82) is 0 Å². The highest BCUT2D eigenvalue weighted by molar-refractivity contribution is 5.91. The van der Waals surface area contributed by atoms with E-state index in [9.17, 15) is 14.4 Å². The van der Waals surface area contributed by atoms with Gasteiger partial charge >= 0.3 is 0 Å². The SMILES string of the molecule is COCCOCC(=O)N[C@H](C)C(=O)N[C@H](C)C(N)=O. The summed E-state index contributed by atoms with van der Waals surface area (Å²) in [6, 6.07) is -1.56. The molecule has 8 nitrogen and oxygen atoms in total. The highest BCUT2D eigenvalue weighted by atomic mass is 16.5. The van der Waals surface area contributed by atoms with Gasteiger partial charge in [-0.25, -0.2) is 0 Å². The number of carbonyl (C=O) groups is 3. The molecule has 0 aromatic heterocycles. The van der Waals surface area contributed by atoms with Gasteiger partial charge in [0.25, 0.3) is 0 Å². The molecule has 0 fully saturated rings. The summed E-state index contributed by atoms with van der Waals surface area (Å²) < 4.78 is 9.74. The van der Waals surface area contributed by atoms with Crippen LogP contribution in [0.1, 0.15) is 13.8 Å². The molecule has 0 unspecified atom stereocenters. The number of amides is 3. The van der Waals surface area contributed by atoms with Crippen LogP contribution in [0.2, 0.25) is 0 Å². The van der Waals surface area contributed by atoms with Crippen molar-refractivity contribution in [2.45, 2.75) is 25.9 Å². The first kappa shape index (κ1) is 17.3. The summed E-state index contributed by atoms with van der Waals surface area (Å²) in [6.07, 6.45) is 0. The molecule has 3 amide bonds. The molecule has 0 bridgehead atoms. The van der Waals surface area contributed by atoms with Crippen LogP contribution in [0.5, 0.6) is 0 Å². The fraction of sp³-hybridized carbons (Fsp3) is 0.727. The molecule has 0 heterocycles. The number of rotatable bonds is 9. The molecule has 0 radical (unpaired) electrons. The van der Waals surface area contributed by atoms with Crippen LogP contribution in [0.3, 0.4) is 0 Å². The molecule has 0 spiro atoms. The van der Waals surface area contributed by atoms with E-state index in [4.69, 9.17) is 15.2 Å². The van der Waals surface area contributed by atoms with Crippen molar-refractivity contribution in [2.75, 3.05) is 26.9 Å². The van der Waals surface area contributed by atoms with E-state index in [1.54, 1.807) is 0 Å². The number of nitrogens with two attached hydrogens (primary N) is 1. The Balaban J connectivity index is 3.94. The van der Waals surface area contributed by atoms with E-state index in [1.165, 1.54) is 21.0 Å². The van der Waals surface area contributed by atoms with E-state index in [1.807, 2.05) is 0 Å². The normalized spacial score (nSPS) is 13.4. The molecule has 19 heavy (non-hydrogen) atoms. The lowest BCUT2D eigenvalue weighted by Gasteiger charge is -2.16. The first-order valence-corrected chi connectivity index (χ1v) is 5.84. The summed E-state index contributed by atoms with van der Waals surface area (Å²) in [5.74, 6) is -1.56. The maximum Gasteiger partial charge on any atom is 0.246 e. The molecular weight excluding hydrogens is 254 g/mol. The van der Waals surface area contributed by atoms with Gasteiger partial charge in [-0.05, 0) is 13.8 Å². The second-order valence-electron chi connectivity index (χ2n) is 3.97. The van der Waals surface area contributed by atoms with E-state index >= 15 is 0 Å². The van der Waals surface area contributed by atoms with Crippen LogP contribution in [-0.4, -0.2) is 56.7 Å². The summed E-state index contributed by atoms with van der Waals surface area (Å²) in [5.41, 5.74) is 5.01. The van der Waals surface area contributed by atoms with Crippen molar-refractivity contribution in [3.63, 3.8) is 0 Å². The van der Waals surface area contributed by atoms with Gasteiger partial charge in [-0.15, -0.1) is 0 Å². The van der Waals surface area contributed by atoms with Crippen molar-refractivity contribution in [3.05, 3.63) is 0 Å². The molecule has 0 aliphatic rings. The summed E-state index contributed by atoms with van der Waals surface area (Å²) in [5, 5.41) is 4.80. The molecule has 0 aliphatic heterocycles. The number of primary amides is 1. The molecule has 0 saturated carbocycles. The molecule has 4 N–H and O–H groups in total. The predicted octanol–water partition coefficient (Wildman–Crippen LogP) is -1.86.